The number of aryl methyl sites for hydroxylation is 1. The Morgan fingerprint density at radius 1 is 1.24 bits per heavy atom. The number of benzene rings is 2. The minimum atomic E-state index is -0.512. The summed E-state index contributed by atoms with van der Waals surface area (Å²) in [7, 11) is 0. The first-order valence-corrected chi connectivity index (χ1v) is 8.53. The SMILES string of the molecule is OC(CC1CCCc2ccccc21)c1ccc(Br)cc1Cl. The van der Waals surface area contributed by atoms with Crippen LogP contribution in [0.1, 0.15) is 48.0 Å². The van der Waals surface area contributed by atoms with Gasteiger partial charge in [0.25, 0.3) is 0 Å². The number of halogens is 2. The summed E-state index contributed by atoms with van der Waals surface area (Å²) in [4.78, 5) is 0. The molecule has 0 saturated heterocycles. The van der Waals surface area contributed by atoms with Gasteiger partial charge in [-0.1, -0.05) is 57.9 Å². The lowest BCUT2D eigenvalue weighted by Gasteiger charge is -2.27. The number of rotatable bonds is 3. The van der Waals surface area contributed by atoms with Crippen molar-refractivity contribution in [2.75, 3.05) is 0 Å². The van der Waals surface area contributed by atoms with Crippen molar-refractivity contribution in [3.63, 3.8) is 0 Å². The number of fused-ring (bicyclic) bond motifs is 1. The predicted molar refractivity (Wildman–Crippen MR) is 90.8 cm³/mol. The van der Waals surface area contributed by atoms with Crippen molar-refractivity contribution in [1.29, 1.82) is 0 Å². The summed E-state index contributed by atoms with van der Waals surface area (Å²) in [6.45, 7) is 0. The molecule has 1 aliphatic rings. The smallest absolute Gasteiger partial charge is 0.0810 e. The molecule has 0 heterocycles. The van der Waals surface area contributed by atoms with Gasteiger partial charge in [-0.15, -0.1) is 0 Å². The summed E-state index contributed by atoms with van der Waals surface area (Å²) in [5.41, 5.74) is 3.65. The molecule has 0 aliphatic heterocycles. The summed E-state index contributed by atoms with van der Waals surface area (Å²) in [6.07, 6.45) is 3.71. The van der Waals surface area contributed by atoms with Gasteiger partial charge in [-0.05, 0) is 60.4 Å². The van der Waals surface area contributed by atoms with Gasteiger partial charge in [-0.2, -0.15) is 0 Å². The van der Waals surface area contributed by atoms with Gasteiger partial charge in [0.1, 0.15) is 0 Å². The molecular formula is C18H18BrClO. The van der Waals surface area contributed by atoms with Crippen LogP contribution in [0.25, 0.3) is 0 Å². The van der Waals surface area contributed by atoms with E-state index >= 15 is 0 Å². The van der Waals surface area contributed by atoms with Crippen molar-refractivity contribution in [2.24, 2.45) is 0 Å². The number of hydrogen-bond donors (Lipinski definition) is 1. The predicted octanol–water partition coefficient (Wildman–Crippen LogP) is 5.65. The van der Waals surface area contributed by atoms with Crippen molar-refractivity contribution in [3.8, 4) is 0 Å². The van der Waals surface area contributed by atoms with E-state index in [4.69, 9.17) is 11.6 Å². The third kappa shape index (κ3) is 3.33. The van der Waals surface area contributed by atoms with E-state index in [-0.39, 0.29) is 0 Å². The Hall–Kier alpha value is -0.830. The minimum absolute atomic E-state index is 0.421. The fourth-order valence-electron chi connectivity index (χ4n) is 3.27. The van der Waals surface area contributed by atoms with Crippen molar-refractivity contribution in [1.82, 2.24) is 0 Å². The van der Waals surface area contributed by atoms with Gasteiger partial charge < -0.3 is 5.11 Å². The third-order valence-electron chi connectivity index (χ3n) is 4.32. The van der Waals surface area contributed by atoms with Crippen LogP contribution in [-0.4, -0.2) is 5.11 Å². The molecule has 1 aliphatic carbocycles. The summed E-state index contributed by atoms with van der Waals surface area (Å²) < 4.78 is 0.937. The van der Waals surface area contributed by atoms with Crippen molar-refractivity contribution >= 4 is 27.5 Å². The molecule has 2 atom stereocenters. The van der Waals surface area contributed by atoms with Gasteiger partial charge in [0, 0.05) is 9.50 Å². The van der Waals surface area contributed by atoms with Gasteiger partial charge in [-0.3, -0.25) is 0 Å². The molecule has 110 valence electrons. The van der Waals surface area contributed by atoms with Crippen LogP contribution >= 0.6 is 27.5 Å². The molecule has 3 rings (SSSR count). The maximum absolute atomic E-state index is 10.6. The first-order valence-electron chi connectivity index (χ1n) is 7.36. The highest BCUT2D eigenvalue weighted by Crippen LogP contribution is 2.39. The molecule has 0 amide bonds. The molecular weight excluding hydrogens is 348 g/mol. The topological polar surface area (TPSA) is 20.2 Å². The summed E-state index contributed by atoms with van der Waals surface area (Å²) in [6, 6.07) is 14.3. The fraction of sp³-hybridized carbons (Fsp3) is 0.333. The second-order valence-electron chi connectivity index (χ2n) is 5.71. The van der Waals surface area contributed by atoms with Crippen LogP contribution in [0.2, 0.25) is 5.02 Å². The maximum atomic E-state index is 10.6. The van der Waals surface area contributed by atoms with Crippen molar-refractivity contribution in [2.45, 2.75) is 37.7 Å². The van der Waals surface area contributed by atoms with E-state index in [1.165, 1.54) is 17.5 Å². The van der Waals surface area contributed by atoms with E-state index in [0.717, 1.165) is 29.3 Å². The molecule has 0 fully saturated rings. The van der Waals surface area contributed by atoms with Crippen LogP contribution in [0.3, 0.4) is 0 Å². The second-order valence-corrected chi connectivity index (χ2v) is 7.03. The van der Waals surface area contributed by atoms with E-state index in [1.54, 1.807) is 0 Å². The van der Waals surface area contributed by atoms with Crippen molar-refractivity contribution < 1.29 is 5.11 Å². The quantitative estimate of drug-likeness (QED) is 0.745. The van der Waals surface area contributed by atoms with E-state index in [1.807, 2.05) is 18.2 Å². The van der Waals surface area contributed by atoms with E-state index in [2.05, 4.69) is 40.2 Å². The van der Waals surface area contributed by atoms with Gasteiger partial charge in [0.05, 0.1) is 6.10 Å². The maximum Gasteiger partial charge on any atom is 0.0810 e. The Bertz CT molecular complexity index is 641. The van der Waals surface area contributed by atoms with E-state index < -0.39 is 6.10 Å². The number of hydrogen-bond acceptors (Lipinski definition) is 1. The van der Waals surface area contributed by atoms with Crippen LogP contribution < -0.4 is 0 Å². The van der Waals surface area contributed by atoms with Gasteiger partial charge in [0.15, 0.2) is 0 Å². The van der Waals surface area contributed by atoms with Gasteiger partial charge >= 0.3 is 0 Å². The Morgan fingerprint density at radius 2 is 2.05 bits per heavy atom. The lowest BCUT2D eigenvalue weighted by atomic mass is 9.79. The van der Waals surface area contributed by atoms with E-state index in [9.17, 15) is 5.11 Å². The Labute approximate surface area is 139 Å². The molecule has 2 aromatic rings. The lowest BCUT2D eigenvalue weighted by molar-refractivity contribution is 0.154. The van der Waals surface area contributed by atoms with Crippen LogP contribution in [0.4, 0.5) is 0 Å². The Balaban J connectivity index is 1.81. The summed E-state index contributed by atoms with van der Waals surface area (Å²) in [5.74, 6) is 0.421. The minimum Gasteiger partial charge on any atom is -0.388 e. The third-order valence-corrected chi connectivity index (χ3v) is 5.14. The first kappa shape index (κ1) is 15.1. The second kappa shape index (κ2) is 6.51. The molecule has 1 N–H and O–H groups in total. The average Bonchev–Trinajstić information content (AvgIpc) is 2.47. The molecule has 0 spiro atoms. The molecule has 3 heteroatoms. The molecule has 0 radical (unpaired) electrons. The molecule has 1 nitrogen and oxygen atoms in total. The normalized spacial score (nSPS) is 19.1. The molecule has 0 bridgehead atoms. The zero-order valence-electron chi connectivity index (χ0n) is 11.7. The van der Waals surface area contributed by atoms with Crippen LogP contribution in [-0.2, 0) is 6.42 Å². The monoisotopic (exact) mass is 364 g/mol. The van der Waals surface area contributed by atoms with Gasteiger partial charge in [0.2, 0.25) is 0 Å². The highest BCUT2D eigenvalue weighted by atomic mass is 79.9. The fourth-order valence-corrected chi connectivity index (χ4v) is 4.07. The molecule has 0 saturated carbocycles. The standard InChI is InChI=1S/C18H18BrClO/c19-14-8-9-16(17(20)11-14)18(21)10-13-6-3-5-12-4-1-2-7-15(12)13/h1-2,4,7-9,11,13,18,21H,3,5-6,10H2. The first-order chi connectivity index (χ1) is 10.1. The van der Waals surface area contributed by atoms with Crippen molar-refractivity contribution in [3.05, 3.63) is 68.7 Å². The van der Waals surface area contributed by atoms with E-state index in [0.29, 0.717) is 10.9 Å². The average molecular weight is 366 g/mol. The van der Waals surface area contributed by atoms with Gasteiger partial charge in [-0.25, -0.2) is 0 Å². The molecule has 21 heavy (non-hydrogen) atoms. The lowest BCUT2D eigenvalue weighted by Crippen LogP contribution is -2.13. The molecule has 0 aromatic heterocycles. The Kier molecular flexibility index (Phi) is 4.68. The van der Waals surface area contributed by atoms with Crippen LogP contribution in [0, 0.1) is 0 Å². The summed E-state index contributed by atoms with van der Waals surface area (Å²) >= 11 is 9.65. The largest absolute Gasteiger partial charge is 0.388 e. The number of aliphatic hydroxyl groups is 1. The zero-order valence-corrected chi connectivity index (χ0v) is 14.1. The highest BCUT2D eigenvalue weighted by Gasteiger charge is 2.24. The van der Waals surface area contributed by atoms with Crippen LogP contribution in [0.5, 0.6) is 0 Å². The zero-order chi connectivity index (χ0) is 14.8. The summed E-state index contributed by atoms with van der Waals surface area (Å²) in [5, 5.41) is 11.2. The Morgan fingerprint density at radius 3 is 2.86 bits per heavy atom. The number of aliphatic hydroxyl groups excluding tert-OH is 1. The molecule has 2 aromatic carbocycles. The molecule has 2 unspecified atom stereocenters. The van der Waals surface area contributed by atoms with Crippen LogP contribution in [0.15, 0.2) is 46.9 Å². The highest BCUT2D eigenvalue weighted by molar-refractivity contribution is 9.10.